The Hall–Kier alpha value is -2.66. The number of pyridine rings is 1. The van der Waals surface area contributed by atoms with E-state index in [1.165, 1.54) is 0 Å². The van der Waals surface area contributed by atoms with Crippen molar-refractivity contribution in [1.82, 2.24) is 14.6 Å². The van der Waals surface area contributed by atoms with Crippen LogP contribution in [0.1, 0.15) is 23.9 Å². The number of halogens is 1. The molecule has 0 aliphatic heterocycles. The average Bonchev–Trinajstić information content (AvgIpc) is 2.94. The first-order valence-electron chi connectivity index (χ1n) is 7.55. The summed E-state index contributed by atoms with van der Waals surface area (Å²) in [4.78, 5) is 15.0. The predicted molar refractivity (Wildman–Crippen MR) is 94.2 cm³/mol. The van der Waals surface area contributed by atoms with Crippen LogP contribution >= 0.6 is 11.6 Å². The van der Waals surface area contributed by atoms with Crippen molar-refractivity contribution in [3.05, 3.63) is 58.6 Å². The van der Waals surface area contributed by atoms with E-state index >= 15 is 0 Å². The van der Waals surface area contributed by atoms with E-state index in [2.05, 4.69) is 17.0 Å². The molecule has 0 bridgehead atoms. The fourth-order valence-corrected chi connectivity index (χ4v) is 2.96. The molecule has 0 spiro atoms. The number of nitrogens with zero attached hydrogens (tertiary/aromatic N) is 3. The Kier molecular flexibility index (Phi) is 4.36. The summed E-state index contributed by atoms with van der Waals surface area (Å²) < 4.78 is 1.90. The summed E-state index contributed by atoms with van der Waals surface area (Å²) >= 11 is 6.05. The van der Waals surface area contributed by atoms with Crippen molar-refractivity contribution in [3.63, 3.8) is 0 Å². The number of aromatic nitrogens is 3. The van der Waals surface area contributed by atoms with Crippen molar-refractivity contribution in [1.29, 1.82) is 0 Å². The lowest BCUT2D eigenvalue weighted by Crippen LogP contribution is -2.04. The van der Waals surface area contributed by atoms with Crippen LogP contribution in [-0.2, 0) is 11.2 Å². The first-order chi connectivity index (χ1) is 11.5. The summed E-state index contributed by atoms with van der Waals surface area (Å²) in [5, 5.41) is 14.0. The number of rotatable bonds is 4. The Labute approximate surface area is 144 Å². The lowest BCUT2D eigenvalue weighted by molar-refractivity contribution is -0.131. The molecule has 3 aromatic rings. The summed E-state index contributed by atoms with van der Waals surface area (Å²) in [6.07, 6.45) is 5.18. The summed E-state index contributed by atoms with van der Waals surface area (Å²) in [5.74, 6) is -1.00. The summed E-state index contributed by atoms with van der Waals surface area (Å²) in [5.41, 5.74) is 5.26. The molecule has 0 unspecified atom stereocenters. The number of fused-ring (bicyclic) bond motifs is 1. The zero-order valence-corrected chi connectivity index (χ0v) is 14.1. The van der Waals surface area contributed by atoms with Crippen molar-refractivity contribution in [3.8, 4) is 11.1 Å². The second-order valence-corrected chi connectivity index (χ2v) is 5.78. The van der Waals surface area contributed by atoms with E-state index in [1.54, 1.807) is 18.3 Å². The average molecular weight is 342 g/mol. The van der Waals surface area contributed by atoms with Gasteiger partial charge in [0.2, 0.25) is 0 Å². The van der Waals surface area contributed by atoms with Crippen LogP contribution in [0.5, 0.6) is 0 Å². The topological polar surface area (TPSA) is 67.5 Å². The molecule has 0 fully saturated rings. The fraction of sp³-hybridized carbons (Fsp3) is 0.167. The van der Waals surface area contributed by atoms with Crippen LogP contribution in [0.4, 0.5) is 0 Å². The highest BCUT2D eigenvalue weighted by atomic mass is 35.5. The van der Waals surface area contributed by atoms with E-state index in [0.29, 0.717) is 5.15 Å². The molecule has 3 aromatic heterocycles. The van der Waals surface area contributed by atoms with Crippen LogP contribution in [0.3, 0.4) is 0 Å². The molecule has 3 rings (SSSR count). The molecule has 0 radical (unpaired) electrons. The van der Waals surface area contributed by atoms with Gasteiger partial charge >= 0.3 is 5.97 Å². The molecular formula is C18H16ClN3O2. The molecule has 24 heavy (non-hydrogen) atoms. The van der Waals surface area contributed by atoms with Crippen LogP contribution in [-0.4, -0.2) is 25.7 Å². The van der Waals surface area contributed by atoms with Crippen LogP contribution in [0.2, 0.25) is 5.15 Å². The molecule has 0 amide bonds. The number of carboxylic acids is 1. The van der Waals surface area contributed by atoms with Gasteiger partial charge in [0.1, 0.15) is 5.15 Å². The van der Waals surface area contributed by atoms with Crippen molar-refractivity contribution >= 4 is 29.2 Å². The number of carboxylic acid groups (broad SMARTS) is 1. The zero-order valence-electron chi connectivity index (χ0n) is 13.3. The van der Waals surface area contributed by atoms with Gasteiger partial charge in [-0.05, 0) is 49.2 Å². The van der Waals surface area contributed by atoms with Gasteiger partial charge in [-0.1, -0.05) is 18.5 Å². The second kappa shape index (κ2) is 6.45. The highest BCUT2D eigenvalue weighted by Gasteiger charge is 2.15. The van der Waals surface area contributed by atoms with Crippen molar-refractivity contribution in [2.45, 2.75) is 20.3 Å². The molecule has 0 aliphatic rings. The van der Waals surface area contributed by atoms with E-state index < -0.39 is 5.97 Å². The third-order valence-corrected chi connectivity index (χ3v) is 4.08. The number of aryl methyl sites for hydroxylation is 2. The molecule has 0 saturated heterocycles. The van der Waals surface area contributed by atoms with Crippen LogP contribution in [0, 0.1) is 6.92 Å². The van der Waals surface area contributed by atoms with Crippen LogP contribution < -0.4 is 0 Å². The molecule has 0 saturated carbocycles. The molecule has 0 atom stereocenters. The van der Waals surface area contributed by atoms with E-state index in [9.17, 15) is 4.79 Å². The molecule has 0 aromatic carbocycles. The summed E-state index contributed by atoms with van der Waals surface area (Å²) in [6.45, 7) is 3.94. The lowest BCUT2D eigenvalue weighted by Gasteiger charge is -2.13. The Morgan fingerprint density at radius 1 is 1.38 bits per heavy atom. The summed E-state index contributed by atoms with van der Waals surface area (Å²) in [6, 6.07) is 7.65. The minimum atomic E-state index is -1.00. The zero-order chi connectivity index (χ0) is 17.3. The Morgan fingerprint density at radius 3 is 2.83 bits per heavy atom. The van der Waals surface area contributed by atoms with Gasteiger partial charge in [0.15, 0.2) is 0 Å². The predicted octanol–water partition coefficient (Wildman–Crippen LogP) is 4.02. The third-order valence-electron chi connectivity index (χ3n) is 3.87. The number of hydrogen-bond donors (Lipinski definition) is 1. The molecule has 3 heterocycles. The maximum Gasteiger partial charge on any atom is 0.328 e. The highest BCUT2D eigenvalue weighted by molar-refractivity contribution is 6.29. The smallest absolute Gasteiger partial charge is 0.328 e. The van der Waals surface area contributed by atoms with E-state index in [0.717, 1.165) is 46.1 Å². The Balaban J connectivity index is 2.38. The minimum absolute atomic E-state index is 0.385. The maximum atomic E-state index is 11.0. The maximum absolute atomic E-state index is 11.0. The first-order valence-corrected chi connectivity index (χ1v) is 7.93. The molecule has 0 aliphatic carbocycles. The van der Waals surface area contributed by atoms with Crippen molar-refractivity contribution < 1.29 is 9.90 Å². The SMILES string of the molecule is CCc1ccc2c(-c3ccnc(Cl)c3)c(/C=C/C(=O)O)c(C)nn12. The molecule has 122 valence electrons. The standard InChI is InChI=1S/C18H16ClN3O2/c1-3-13-4-6-15-18(12-8-9-20-16(19)10-12)14(5-7-17(23)24)11(2)21-22(13)15/h4-10H,3H2,1-2H3,(H,23,24)/b7-5+. The highest BCUT2D eigenvalue weighted by Crippen LogP contribution is 2.33. The summed E-state index contributed by atoms with van der Waals surface area (Å²) in [7, 11) is 0. The van der Waals surface area contributed by atoms with Gasteiger partial charge in [0.25, 0.3) is 0 Å². The third kappa shape index (κ3) is 2.90. The molecule has 6 heteroatoms. The van der Waals surface area contributed by atoms with Gasteiger partial charge in [-0.3, -0.25) is 0 Å². The Bertz CT molecular complexity index is 960. The van der Waals surface area contributed by atoms with Gasteiger partial charge in [-0.15, -0.1) is 0 Å². The van der Waals surface area contributed by atoms with Gasteiger partial charge in [0.05, 0.1) is 11.2 Å². The van der Waals surface area contributed by atoms with Gasteiger partial charge in [-0.25, -0.2) is 14.3 Å². The second-order valence-electron chi connectivity index (χ2n) is 5.39. The quantitative estimate of drug-likeness (QED) is 0.575. The van der Waals surface area contributed by atoms with Gasteiger partial charge in [-0.2, -0.15) is 5.10 Å². The molecule has 5 nitrogen and oxygen atoms in total. The van der Waals surface area contributed by atoms with E-state index in [1.807, 2.05) is 29.6 Å². The largest absolute Gasteiger partial charge is 0.478 e. The number of hydrogen-bond acceptors (Lipinski definition) is 3. The monoisotopic (exact) mass is 341 g/mol. The first kappa shape index (κ1) is 16.2. The number of aliphatic carboxylic acids is 1. The van der Waals surface area contributed by atoms with Crippen LogP contribution in [0.25, 0.3) is 22.7 Å². The molecule has 1 N–H and O–H groups in total. The van der Waals surface area contributed by atoms with Gasteiger partial charge in [0, 0.05) is 29.1 Å². The Morgan fingerprint density at radius 2 is 2.17 bits per heavy atom. The van der Waals surface area contributed by atoms with Crippen LogP contribution in [0.15, 0.2) is 36.5 Å². The molecular weight excluding hydrogens is 326 g/mol. The van der Waals surface area contributed by atoms with Gasteiger partial charge < -0.3 is 5.11 Å². The minimum Gasteiger partial charge on any atom is -0.478 e. The van der Waals surface area contributed by atoms with E-state index in [4.69, 9.17) is 16.7 Å². The fourth-order valence-electron chi connectivity index (χ4n) is 2.79. The van der Waals surface area contributed by atoms with Crippen molar-refractivity contribution in [2.75, 3.05) is 0 Å². The van der Waals surface area contributed by atoms with E-state index in [-0.39, 0.29) is 0 Å². The normalized spacial score (nSPS) is 11.5. The lowest BCUT2D eigenvalue weighted by atomic mass is 9.99. The van der Waals surface area contributed by atoms with Crippen molar-refractivity contribution in [2.24, 2.45) is 0 Å². The number of carbonyl (C=O) groups is 1.